The standard InChI is InChI=1S/C27H34N4O5/c1-17(2)14-22(24(34)29-21(15-23(32)33)19-8-6-5-7-9-19)31-25(35)27(3,4)30(26(31)36)16-18-10-12-20(28)13-11-18/h5-13,17,21-22H,14-16,28H2,1-4H3,(H,29,34)(H,32,33)/t21-,22+/m0/s1. The lowest BCUT2D eigenvalue weighted by molar-refractivity contribution is -0.140. The second-order valence-corrected chi connectivity index (χ2v) is 10.1. The predicted molar refractivity (Wildman–Crippen MR) is 136 cm³/mol. The van der Waals surface area contributed by atoms with E-state index >= 15 is 0 Å². The van der Waals surface area contributed by atoms with Crippen LogP contribution in [0.2, 0.25) is 0 Å². The van der Waals surface area contributed by atoms with Crippen LogP contribution in [0.15, 0.2) is 54.6 Å². The van der Waals surface area contributed by atoms with Crippen LogP contribution in [0, 0.1) is 5.92 Å². The van der Waals surface area contributed by atoms with Crippen LogP contribution in [0.1, 0.15) is 57.7 Å². The van der Waals surface area contributed by atoms with Gasteiger partial charge in [-0.05, 0) is 49.4 Å². The lowest BCUT2D eigenvalue weighted by atomic mass is 9.98. The van der Waals surface area contributed by atoms with E-state index in [0.29, 0.717) is 11.3 Å². The first-order valence-electron chi connectivity index (χ1n) is 12.0. The average molecular weight is 495 g/mol. The molecule has 0 aromatic heterocycles. The van der Waals surface area contributed by atoms with Gasteiger partial charge in [0.2, 0.25) is 5.91 Å². The second kappa shape index (κ2) is 10.8. The summed E-state index contributed by atoms with van der Waals surface area (Å²) in [6.45, 7) is 7.29. The summed E-state index contributed by atoms with van der Waals surface area (Å²) in [5.41, 5.74) is 6.61. The van der Waals surface area contributed by atoms with E-state index in [9.17, 15) is 24.3 Å². The Hall–Kier alpha value is -3.88. The first-order valence-corrected chi connectivity index (χ1v) is 12.0. The molecule has 1 aliphatic heterocycles. The lowest BCUT2D eigenvalue weighted by Gasteiger charge is -2.29. The highest BCUT2D eigenvalue weighted by Gasteiger charge is 2.54. The Balaban J connectivity index is 1.91. The largest absolute Gasteiger partial charge is 0.481 e. The summed E-state index contributed by atoms with van der Waals surface area (Å²) in [4.78, 5) is 54.7. The summed E-state index contributed by atoms with van der Waals surface area (Å²) < 4.78 is 0. The minimum Gasteiger partial charge on any atom is -0.481 e. The van der Waals surface area contributed by atoms with Crippen molar-refractivity contribution in [2.75, 3.05) is 5.73 Å². The number of hydrogen-bond donors (Lipinski definition) is 3. The van der Waals surface area contributed by atoms with Gasteiger partial charge < -0.3 is 21.1 Å². The molecule has 1 heterocycles. The minimum absolute atomic E-state index is 0.00902. The molecular formula is C27H34N4O5. The zero-order chi connectivity index (χ0) is 26.6. The monoisotopic (exact) mass is 494 g/mol. The van der Waals surface area contributed by atoms with Gasteiger partial charge in [-0.3, -0.25) is 14.4 Å². The van der Waals surface area contributed by atoms with Crippen molar-refractivity contribution in [2.24, 2.45) is 5.92 Å². The summed E-state index contributed by atoms with van der Waals surface area (Å²) >= 11 is 0. The second-order valence-electron chi connectivity index (χ2n) is 10.1. The summed E-state index contributed by atoms with van der Waals surface area (Å²) in [6.07, 6.45) is -0.0928. The van der Waals surface area contributed by atoms with E-state index in [0.717, 1.165) is 10.5 Å². The third-order valence-electron chi connectivity index (χ3n) is 6.38. The lowest BCUT2D eigenvalue weighted by Crippen LogP contribution is -2.52. The molecule has 9 nitrogen and oxygen atoms in total. The highest BCUT2D eigenvalue weighted by atomic mass is 16.4. The van der Waals surface area contributed by atoms with Gasteiger partial charge in [-0.25, -0.2) is 9.69 Å². The number of benzene rings is 2. The Labute approximate surface area is 211 Å². The molecule has 0 aliphatic carbocycles. The number of carboxylic acid groups (broad SMARTS) is 1. The first-order chi connectivity index (χ1) is 16.9. The number of aliphatic carboxylic acids is 1. The van der Waals surface area contributed by atoms with Gasteiger partial charge in [0.25, 0.3) is 5.91 Å². The minimum atomic E-state index is -1.17. The molecule has 0 radical (unpaired) electrons. The van der Waals surface area contributed by atoms with Gasteiger partial charge in [0.1, 0.15) is 11.6 Å². The predicted octanol–water partition coefficient (Wildman–Crippen LogP) is 3.56. The fourth-order valence-electron chi connectivity index (χ4n) is 4.37. The van der Waals surface area contributed by atoms with Crippen molar-refractivity contribution in [3.63, 3.8) is 0 Å². The summed E-state index contributed by atoms with van der Waals surface area (Å²) in [6, 6.07) is 13.4. The molecular weight excluding hydrogens is 460 g/mol. The van der Waals surface area contributed by atoms with Crippen molar-refractivity contribution in [2.45, 2.75) is 64.7 Å². The fraction of sp³-hybridized carbons (Fsp3) is 0.407. The van der Waals surface area contributed by atoms with E-state index in [1.807, 2.05) is 13.8 Å². The summed E-state index contributed by atoms with van der Waals surface area (Å²) in [7, 11) is 0. The maximum Gasteiger partial charge on any atom is 0.328 e. The van der Waals surface area contributed by atoms with E-state index in [1.165, 1.54) is 4.90 Å². The summed E-state index contributed by atoms with van der Waals surface area (Å²) in [5.74, 6) is -2.12. The van der Waals surface area contributed by atoms with Crippen LogP contribution >= 0.6 is 0 Å². The number of rotatable bonds is 10. The van der Waals surface area contributed by atoms with Crippen LogP contribution in [0.5, 0.6) is 0 Å². The molecule has 9 heteroatoms. The zero-order valence-corrected chi connectivity index (χ0v) is 21.1. The SMILES string of the molecule is CC(C)C[C@H](C(=O)N[C@@H](CC(=O)O)c1ccccc1)N1C(=O)N(Cc2ccc(N)cc2)C(C)(C)C1=O. The topological polar surface area (TPSA) is 133 Å². The number of nitrogens with one attached hydrogen (secondary N) is 1. The highest BCUT2D eigenvalue weighted by molar-refractivity contribution is 6.09. The van der Waals surface area contributed by atoms with Crippen molar-refractivity contribution in [3.8, 4) is 0 Å². The molecule has 0 unspecified atom stereocenters. The van der Waals surface area contributed by atoms with Crippen molar-refractivity contribution in [1.29, 1.82) is 0 Å². The number of imide groups is 1. The number of nitrogen functional groups attached to an aromatic ring is 1. The van der Waals surface area contributed by atoms with Gasteiger partial charge >= 0.3 is 12.0 Å². The van der Waals surface area contributed by atoms with Gasteiger partial charge in [-0.1, -0.05) is 56.3 Å². The average Bonchev–Trinajstić information content (AvgIpc) is 2.98. The molecule has 4 amide bonds. The molecule has 4 N–H and O–H groups in total. The molecule has 1 saturated heterocycles. The molecule has 0 bridgehead atoms. The molecule has 2 aromatic rings. The van der Waals surface area contributed by atoms with E-state index in [2.05, 4.69) is 5.32 Å². The Bertz CT molecular complexity index is 1110. The quantitative estimate of drug-likeness (QED) is 0.342. The van der Waals surface area contributed by atoms with Crippen LogP contribution in [0.25, 0.3) is 0 Å². The van der Waals surface area contributed by atoms with Crippen molar-refractivity contribution in [3.05, 3.63) is 65.7 Å². The zero-order valence-electron chi connectivity index (χ0n) is 21.1. The number of hydrogen-bond acceptors (Lipinski definition) is 5. The highest BCUT2D eigenvalue weighted by Crippen LogP contribution is 2.33. The van der Waals surface area contributed by atoms with E-state index < -0.39 is 41.4 Å². The van der Waals surface area contributed by atoms with Crippen LogP contribution < -0.4 is 11.1 Å². The first kappa shape index (κ1) is 26.7. The van der Waals surface area contributed by atoms with Crippen LogP contribution in [0.3, 0.4) is 0 Å². The number of carboxylic acids is 1. The third kappa shape index (κ3) is 5.84. The number of urea groups is 1. The number of carbonyl (C=O) groups is 4. The maximum absolute atomic E-state index is 13.6. The van der Waals surface area contributed by atoms with Crippen LogP contribution in [-0.2, 0) is 20.9 Å². The molecule has 3 rings (SSSR count). The third-order valence-corrected chi connectivity index (χ3v) is 6.38. The number of amides is 4. The molecule has 0 saturated carbocycles. The van der Waals surface area contributed by atoms with E-state index in [4.69, 9.17) is 5.73 Å². The molecule has 36 heavy (non-hydrogen) atoms. The number of anilines is 1. The van der Waals surface area contributed by atoms with Crippen molar-refractivity contribution in [1.82, 2.24) is 15.1 Å². The normalized spacial score (nSPS) is 16.8. The maximum atomic E-state index is 13.6. The molecule has 0 spiro atoms. The Morgan fingerprint density at radius 2 is 1.64 bits per heavy atom. The summed E-state index contributed by atoms with van der Waals surface area (Å²) in [5, 5.41) is 12.2. The Kier molecular flexibility index (Phi) is 8.02. The smallest absolute Gasteiger partial charge is 0.328 e. The number of carbonyl (C=O) groups excluding carboxylic acids is 3. The molecule has 192 valence electrons. The van der Waals surface area contributed by atoms with Gasteiger partial charge in [0.05, 0.1) is 12.5 Å². The van der Waals surface area contributed by atoms with E-state index in [1.54, 1.807) is 68.4 Å². The fourth-order valence-corrected chi connectivity index (χ4v) is 4.37. The van der Waals surface area contributed by atoms with Crippen LogP contribution in [-0.4, -0.2) is 50.3 Å². The van der Waals surface area contributed by atoms with E-state index in [-0.39, 0.29) is 25.3 Å². The Morgan fingerprint density at radius 1 is 1.03 bits per heavy atom. The van der Waals surface area contributed by atoms with Crippen LogP contribution in [0.4, 0.5) is 10.5 Å². The van der Waals surface area contributed by atoms with Crippen molar-refractivity contribution < 1.29 is 24.3 Å². The van der Waals surface area contributed by atoms with Gasteiger partial charge in [-0.15, -0.1) is 0 Å². The molecule has 1 aliphatic rings. The number of nitrogens with zero attached hydrogens (tertiary/aromatic N) is 2. The Morgan fingerprint density at radius 3 is 2.19 bits per heavy atom. The molecule has 2 aromatic carbocycles. The van der Waals surface area contributed by atoms with Gasteiger partial charge in [0.15, 0.2) is 0 Å². The van der Waals surface area contributed by atoms with Crippen molar-refractivity contribution >= 4 is 29.5 Å². The molecule has 2 atom stereocenters. The molecule has 1 fully saturated rings. The van der Waals surface area contributed by atoms with Gasteiger partial charge in [0, 0.05) is 12.2 Å². The van der Waals surface area contributed by atoms with Gasteiger partial charge in [-0.2, -0.15) is 0 Å². The number of nitrogens with two attached hydrogens (primary N) is 1.